The van der Waals surface area contributed by atoms with Crippen LogP contribution in [0.25, 0.3) is 0 Å². The number of likely N-dealkylation sites (tertiary alicyclic amines) is 1. The van der Waals surface area contributed by atoms with Crippen LogP contribution in [0.3, 0.4) is 0 Å². The molecule has 0 aromatic heterocycles. The van der Waals surface area contributed by atoms with E-state index in [-0.39, 0.29) is 12.1 Å². The van der Waals surface area contributed by atoms with Crippen molar-refractivity contribution in [1.82, 2.24) is 10.2 Å². The van der Waals surface area contributed by atoms with Crippen molar-refractivity contribution in [2.24, 2.45) is 0 Å². The fraction of sp³-hybridized carbons (Fsp3) is 0.316. The van der Waals surface area contributed by atoms with Gasteiger partial charge in [0.25, 0.3) is 0 Å². The van der Waals surface area contributed by atoms with E-state index >= 15 is 0 Å². The highest BCUT2D eigenvalue weighted by atomic mass is 35.5. The van der Waals surface area contributed by atoms with Crippen molar-refractivity contribution in [1.29, 1.82) is 0 Å². The number of hydrogen-bond donors (Lipinski definition) is 1. The highest BCUT2D eigenvalue weighted by Crippen LogP contribution is 2.35. The third kappa shape index (κ3) is 3.65. The topological polar surface area (TPSA) is 41.6 Å². The molecule has 1 saturated heterocycles. The lowest BCUT2D eigenvalue weighted by molar-refractivity contribution is 0.192. The predicted molar refractivity (Wildman–Crippen MR) is 95.4 cm³/mol. The molecule has 0 radical (unpaired) electrons. The lowest BCUT2D eigenvalue weighted by Gasteiger charge is -2.26. The highest BCUT2D eigenvalue weighted by Gasteiger charge is 2.30. The minimum absolute atomic E-state index is 0.0454. The molecule has 3 rings (SSSR count). The van der Waals surface area contributed by atoms with Gasteiger partial charge in [0, 0.05) is 18.1 Å². The van der Waals surface area contributed by atoms with Crippen molar-refractivity contribution >= 4 is 17.6 Å². The van der Waals surface area contributed by atoms with E-state index < -0.39 is 0 Å². The fourth-order valence-corrected chi connectivity index (χ4v) is 3.40. The number of benzene rings is 2. The Hall–Kier alpha value is -2.20. The van der Waals surface area contributed by atoms with E-state index in [0.29, 0.717) is 6.54 Å². The molecule has 1 aliphatic rings. The number of carbonyl (C=O) groups excluding carboxylic acids is 1. The Kier molecular flexibility index (Phi) is 5.26. The summed E-state index contributed by atoms with van der Waals surface area (Å²) >= 11 is 6.31. The molecule has 126 valence electrons. The van der Waals surface area contributed by atoms with Crippen LogP contribution in [0.1, 0.15) is 30.0 Å². The number of amides is 2. The number of hydrogen-bond acceptors (Lipinski definition) is 2. The van der Waals surface area contributed by atoms with Crippen LogP contribution >= 0.6 is 11.6 Å². The van der Waals surface area contributed by atoms with Gasteiger partial charge in [-0.15, -0.1) is 0 Å². The number of rotatable bonds is 4. The fourth-order valence-electron chi connectivity index (χ4n) is 3.14. The molecule has 1 fully saturated rings. The summed E-state index contributed by atoms with van der Waals surface area (Å²) in [5.41, 5.74) is 2.03. The molecule has 1 heterocycles. The van der Waals surface area contributed by atoms with Crippen LogP contribution in [-0.2, 0) is 6.54 Å². The van der Waals surface area contributed by atoms with Gasteiger partial charge >= 0.3 is 6.03 Å². The molecule has 2 aromatic carbocycles. The van der Waals surface area contributed by atoms with Crippen molar-refractivity contribution in [2.45, 2.75) is 25.4 Å². The first-order valence-electron chi connectivity index (χ1n) is 8.11. The van der Waals surface area contributed by atoms with E-state index in [4.69, 9.17) is 16.3 Å². The molecule has 2 aromatic rings. The van der Waals surface area contributed by atoms with E-state index in [1.165, 1.54) is 0 Å². The maximum Gasteiger partial charge on any atom is 0.318 e. The Labute approximate surface area is 147 Å². The van der Waals surface area contributed by atoms with Gasteiger partial charge in [0.1, 0.15) is 5.75 Å². The van der Waals surface area contributed by atoms with Gasteiger partial charge in [-0.1, -0.05) is 41.9 Å². The Morgan fingerprint density at radius 3 is 2.92 bits per heavy atom. The smallest absolute Gasteiger partial charge is 0.318 e. The summed E-state index contributed by atoms with van der Waals surface area (Å²) in [5.74, 6) is 0.789. The van der Waals surface area contributed by atoms with Gasteiger partial charge < -0.3 is 15.0 Å². The molecule has 5 heteroatoms. The van der Waals surface area contributed by atoms with Gasteiger partial charge in [0.15, 0.2) is 0 Å². The Balaban J connectivity index is 1.66. The van der Waals surface area contributed by atoms with Crippen molar-refractivity contribution in [3.8, 4) is 5.75 Å². The van der Waals surface area contributed by atoms with Gasteiger partial charge in [-0.05, 0) is 42.2 Å². The SMILES string of the molecule is COc1cccc(CNC(=O)N2CCC[C@@H]2c2ccccc2Cl)c1. The number of carbonyl (C=O) groups is 1. The van der Waals surface area contributed by atoms with Gasteiger partial charge in [-0.3, -0.25) is 0 Å². The van der Waals surface area contributed by atoms with Crippen LogP contribution in [0.4, 0.5) is 4.79 Å². The summed E-state index contributed by atoms with van der Waals surface area (Å²) in [7, 11) is 1.64. The van der Waals surface area contributed by atoms with Crippen LogP contribution in [-0.4, -0.2) is 24.6 Å². The molecule has 0 unspecified atom stereocenters. The van der Waals surface area contributed by atoms with Crippen LogP contribution in [0.5, 0.6) is 5.75 Å². The highest BCUT2D eigenvalue weighted by molar-refractivity contribution is 6.31. The molecule has 0 aliphatic carbocycles. The second-order valence-electron chi connectivity index (χ2n) is 5.88. The van der Waals surface area contributed by atoms with Gasteiger partial charge in [-0.25, -0.2) is 4.79 Å². The van der Waals surface area contributed by atoms with Crippen molar-refractivity contribution in [3.63, 3.8) is 0 Å². The van der Waals surface area contributed by atoms with Crippen LogP contribution in [0.15, 0.2) is 48.5 Å². The summed E-state index contributed by atoms with van der Waals surface area (Å²) in [6.07, 6.45) is 1.93. The van der Waals surface area contributed by atoms with E-state index in [2.05, 4.69) is 5.32 Å². The average Bonchev–Trinajstić information content (AvgIpc) is 3.10. The molecule has 1 aliphatic heterocycles. The molecular weight excluding hydrogens is 324 g/mol. The number of halogens is 1. The first kappa shape index (κ1) is 16.7. The summed E-state index contributed by atoms with van der Waals surface area (Å²) in [4.78, 5) is 14.5. The van der Waals surface area contributed by atoms with Gasteiger partial charge in [0.2, 0.25) is 0 Å². The van der Waals surface area contributed by atoms with Crippen molar-refractivity contribution < 1.29 is 9.53 Å². The quantitative estimate of drug-likeness (QED) is 0.893. The molecule has 0 saturated carbocycles. The van der Waals surface area contributed by atoms with Crippen molar-refractivity contribution in [2.75, 3.05) is 13.7 Å². The molecule has 24 heavy (non-hydrogen) atoms. The maximum atomic E-state index is 12.6. The molecule has 0 bridgehead atoms. The minimum Gasteiger partial charge on any atom is -0.497 e. The number of urea groups is 1. The lowest BCUT2D eigenvalue weighted by atomic mass is 10.0. The second-order valence-corrected chi connectivity index (χ2v) is 6.29. The van der Waals surface area contributed by atoms with E-state index in [1.54, 1.807) is 7.11 Å². The summed E-state index contributed by atoms with van der Waals surface area (Å²) < 4.78 is 5.21. The molecular formula is C19H21ClN2O2. The third-order valence-electron chi connectivity index (χ3n) is 4.36. The second kappa shape index (κ2) is 7.58. The Bertz CT molecular complexity index is 720. The Morgan fingerprint density at radius 2 is 2.12 bits per heavy atom. The monoisotopic (exact) mass is 344 g/mol. The summed E-state index contributed by atoms with van der Waals surface area (Å²) in [6.45, 7) is 1.22. The van der Waals surface area contributed by atoms with E-state index in [9.17, 15) is 4.79 Å². The predicted octanol–water partition coefficient (Wildman–Crippen LogP) is 4.40. The number of nitrogens with zero attached hydrogens (tertiary/aromatic N) is 1. The molecule has 1 atom stereocenters. The standard InChI is InChI=1S/C19H21ClN2O2/c1-24-15-7-4-6-14(12-15)13-21-19(23)22-11-5-10-18(22)16-8-2-3-9-17(16)20/h2-4,6-9,12,18H,5,10-11,13H2,1H3,(H,21,23)/t18-/m1/s1. The zero-order valence-corrected chi connectivity index (χ0v) is 14.4. The molecule has 0 spiro atoms. The molecule has 1 N–H and O–H groups in total. The van der Waals surface area contributed by atoms with Crippen LogP contribution in [0, 0.1) is 0 Å². The molecule has 2 amide bonds. The normalized spacial score (nSPS) is 16.9. The van der Waals surface area contributed by atoms with Crippen molar-refractivity contribution in [3.05, 3.63) is 64.7 Å². The first-order chi connectivity index (χ1) is 11.7. The third-order valence-corrected chi connectivity index (χ3v) is 4.70. The number of ether oxygens (including phenoxy) is 1. The first-order valence-corrected chi connectivity index (χ1v) is 8.48. The van der Waals surface area contributed by atoms with Crippen LogP contribution in [0.2, 0.25) is 5.02 Å². The maximum absolute atomic E-state index is 12.6. The lowest BCUT2D eigenvalue weighted by Crippen LogP contribution is -2.39. The minimum atomic E-state index is -0.0553. The largest absolute Gasteiger partial charge is 0.497 e. The molecule has 4 nitrogen and oxygen atoms in total. The average molecular weight is 345 g/mol. The Morgan fingerprint density at radius 1 is 1.29 bits per heavy atom. The zero-order chi connectivity index (χ0) is 16.9. The van der Waals surface area contributed by atoms with E-state index in [1.807, 2.05) is 53.4 Å². The zero-order valence-electron chi connectivity index (χ0n) is 13.7. The number of methoxy groups -OCH3 is 1. The van der Waals surface area contributed by atoms with Gasteiger partial charge in [-0.2, -0.15) is 0 Å². The van der Waals surface area contributed by atoms with E-state index in [0.717, 1.165) is 41.3 Å². The number of nitrogens with one attached hydrogen (secondary N) is 1. The van der Waals surface area contributed by atoms with Crippen LogP contribution < -0.4 is 10.1 Å². The van der Waals surface area contributed by atoms with Gasteiger partial charge in [0.05, 0.1) is 13.2 Å². The summed E-state index contributed by atoms with van der Waals surface area (Å²) in [5, 5.41) is 3.72. The summed E-state index contributed by atoms with van der Waals surface area (Å²) in [6, 6.07) is 15.4.